The number of carboxylic acids is 2. The summed E-state index contributed by atoms with van der Waals surface area (Å²) < 4.78 is 0. The Balaban J connectivity index is 4.61. The summed E-state index contributed by atoms with van der Waals surface area (Å²) in [5.74, 6) is -4.80. The van der Waals surface area contributed by atoms with Crippen molar-refractivity contribution in [3.05, 3.63) is 0 Å². The van der Waals surface area contributed by atoms with E-state index in [1.807, 2.05) is 0 Å². The first kappa shape index (κ1) is 25.7. The Morgan fingerprint density at radius 3 is 2.14 bits per heavy atom. The molecule has 0 aromatic carbocycles. The summed E-state index contributed by atoms with van der Waals surface area (Å²) in [7, 11) is 0. The number of amides is 3. The van der Waals surface area contributed by atoms with Gasteiger partial charge in [-0.2, -0.15) is 12.6 Å². The van der Waals surface area contributed by atoms with Gasteiger partial charge in [0.25, 0.3) is 0 Å². The van der Waals surface area contributed by atoms with Crippen molar-refractivity contribution in [1.29, 1.82) is 0 Å². The van der Waals surface area contributed by atoms with Crippen LogP contribution in [-0.4, -0.2) is 70.3 Å². The maximum atomic E-state index is 12.2. The van der Waals surface area contributed by atoms with E-state index < -0.39 is 54.3 Å². The van der Waals surface area contributed by atoms with Crippen molar-refractivity contribution < 1.29 is 34.2 Å². The highest BCUT2D eigenvalue weighted by atomic mass is 32.1. The third-order valence-electron chi connectivity index (χ3n) is 4.04. The van der Waals surface area contributed by atoms with E-state index >= 15 is 0 Å². The second-order valence-electron chi connectivity index (χ2n) is 6.27. The van der Waals surface area contributed by atoms with Crippen LogP contribution in [-0.2, 0) is 24.0 Å². The van der Waals surface area contributed by atoms with Crippen molar-refractivity contribution in [2.45, 2.75) is 51.2 Å². The normalized spacial score (nSPS) is 14.9. The van der Waals surface area contributed by atoms with Crippen LogP contribution >= 0.6 is 12.6 Å². The SMILES string of the molecule is CCC(C)C(NC(=O)C(CS)NC(=O)CNC(=O)C(N)CCC(=O)O)C(=O)O. The zero-order valence-electron chi connectivity index (χ0n) is 15.8. The average Bonchev–Trinajstić information content (AvgIpc) is 2.64. The van der Waals surface area contributed by atoms with Gasteiger partial charge in [-0.25, -0.2) is 4.79 Å². The molecule has 0 saturated carbocycles. The monoisotopic (exact) mass is 420 g/mol. The summed E-state index contributed by atoms with van der Waals surface area (Å²) in [5.41, 5.74) is 5.51. The summed E-state index contributed by atoms with van der Waals surface area (Å²) in [6.07, 6.45) is 0.156. The number of hydrogen-bond donors (Lipinski definition) is 7. The van der Waals surface area contributed by atoms with Crippen LogP contribution in [0, 0.1) is 5.92 Å². The summed E-state index contributed by atoms with van der Waals surface area (Å²) in [6, 6.07) is -3.29. The van der Waals surface area contributed by atoms with E-state index in [9.17, 15) is 29.1 Å². The van der Waals surface area contributed by atoms with E-state index in [0.717, 1.165) is 0 Å². The van der Waals surface area contributed by atoms with Gasteiger partial charge < -0.3 is 31.9 Å². The van der Waals surface area contributed by atoms with Gasteiger partial charge in [-0.1, -0.05) is 20.3 Å². The van der Waals surface area contributed by atoms with Gasteiger partial charge >= 0.3 is 11.9 Å². The Labute approximate surface area is 168 Å². The molecule has 12 heteroatoms. The molecule has 0 aromatic rings. The molecule has 0 rings (SSSR count). The van der Waals surface area contributed by atoms with E-state index in [1.54, 1.807) is 13.8 Å². The summed E-state index contributed by atoms with van der Waals surface area (Å²) >= 11 is 3.98. The van der Waals surface area contributed by atoms with Gasteiger partial charge in [0, 0.05) is 12.2 Å². The van der Waals surface area contributed by atoms with Gasteiger partial charge in [-0.05, 0) is 12.3 Å². The third-order valence-corrected chi connectivity index (χ3v) is 4.41. The first-order chi connectivity index (χ1) is 13.0. The molecule has 28 heavy (non-hydrogen) atoms. The van der Waals surface area contributed by atoms with Crippen LogP contribution in [0.5, 0.6) is 0 Å². The number of nitrogens with two attached hydrogens (primary N) is 1. The summed E-state index contributed by atoms with van der Waals surface area (Å²) in [4.78, 5) is 57.6. The van der Waals surface area contributed by atoms with Crippen LogP contribution in [0.25, 0.3) is 0 Å². The second-order valence-corrected chi connectivity index (χ2v) is 6.63. The molecule has 0 aromatic heterocycles. The van der Waals surface area contributed by atoms with E-state index in [4.69, 9.17) is 10.8 Å². The van der Waals surface area contributed by atoms with Crippen molar-refractivity contribution in [3.63, 3.8) is 0 Å². The quantitative estimate of drug-likeness (QED) is 0.172. The Morgan fingerprint density at radius 2 is 1.68 bits per heavy atom. The molecular weight excluding hydrogens is 392 g/mol. The first-order valence-electron chi connectivity index (χ1n) is 8.71. The fourth-order valence-corrected chi connectivity index (χ4v) is 2.34. The van der Waals surface area contributed by atoms with Gasteiger partial charge in [-0.15, -0.1) is 0 Å². The minimum atomic E-state index is -1.19. The summed E-state index contributed by atoms with van der Waals surface area (Å²) in [5, 5.41) is 24.7. The van der Waals surface area contributed by atoms with Crippen molar-refractivity contribution in [3.8, 4) is 0 Å². The Kier molecular flexibility index (Phi) is 11.9. The predicted molar refractivity (Wildman–Crippen MR) is 103 cm³/mol. The lowest BCUT2D eigenvalue weighted by molar-refractivity contribution is -0.143. The highest BCUT2D eigenvalue weighted by molar-refractivity contribution is 7.80. The number of carbonyl (C=O) groups excluding carboxylic acids is 3. The largest absolute Gasteiger partial charge is 0.481 e. The molecule has 0 radical (unpaired) electrons. The highest BCUT2D eigenvalue weighted by Gasteiger charge is 2.29. The number of nitrogens with one attached hydrogen (secondary N) is 3. The molecule has 160 valence electrons. The molecule has 0 spiro atoms. The van der Waals surface area contributed by atoms with Gasteiger partial charge in [0.2, 0.25) is 17.7 Å². The minimum absolute atomic E-state index is 0.0867. The Morgan fingerprint density at radius 1 is 1.07 bits per heavy atom. The number of carbonyl (C=O) groups is 5. The molecule has 7 N–H and O–H groups in total. The molecule has 4 unspecified atom stereocenters. The lowest BCUT2D eigenvalue weighted by Crippen LogP contribution is -2.55. The molecule has 11 nitrogen and oxygen atoms in total. The lowest BCUT2D eigenvalue weighted by atomic mass is 9.99. The van der Waals surface area contributed by atoms with Crippen LogP contribution in [0.2, 0.25) is 0 Å². The third kappa shape index (κ3) is 9.55. The fraction of sp³-hybridized carbons (Fsp3) is 0.688. The molecule has 3 amide bonds. The van der Waals surface area contributed by atoms with Crippen LogP contribution in [0.4, 0.5) is 0 Å². The number of aliphatic carboxylic acids is 2. The van der Waals surface area contributed by atoms with E-state index in [2.05, 4.69) is 28.6 Å². The van der Waals surface area contributed by atoms with Gasteiger partial charge in [0.1, 0.15) is 12.1 Å². The van der Waals surface area contributed by atoms with Crippen molar-refractivity contribution in [2.75, 3.05) is 12.3 Å². The fourth-order valence-electron chi connectivity index (χ4n) is 2.08. The van der Waals surface area contributed by atoms with Gasteiger partial charge in [0.05, 0.1) is 12.6 Å². The maximum absolute atomic E-state index is 12.2. The Hall–Kier alpha value is -2.34. The standard InChI is InChI=1S/C16H28N4O7S/c1-3-8(2)13(16(26)27)20-15(25)10(7-28)19-11(21)6-18-14(24)9(17)4-5-12(22)23/h8-10,13,28H,3-7,17H2,1-2H3,(H,18,24)(H,19,21)(H,20,25)(H,22,23)(H,26,27). The smallest absolute Gasteiger partial charge is 0.326 e. The molecular formula is C16H28N4O7S. The van der Waals surface area contributed by atoms with Gasteiger partial charge in [0.15, 0.2) is 0 Å². The molecule has 0 fully saturated rings. The number of carboxylic acid groups (broad SMARTS) is 2. The zero-order valence-corrected chi connectivity index (χ0v) is 16.7. The van der Waals surface area contributed by atoms with Crippen LogP contribution in [0.1, 0.15) is 33.1 Å². The molecule has 0 saturated heterocycles. The number of hydrogen-bond acceptors (Lipinski definition) is 7. The van der Waals surface area contributed by atoms with Crippen LogP contribution < -0.4 is 21.7 Å². The number of thiol groups is 1. The maximum Gasteiger partial charge on any atom is 0.326 e. The van der Waals surface area contributed by atoms with Crippen LogP contribution in [0.3, 0.4) is 0 Å². The summed E-state index contributed by atoms with van der Waals surface area (Å²) in [6.45, 7) is 2.98. The van der Waals surface area contributed by atoms with Crippen molar-refractivity contribution >= 4 is 42.3 Å². The van der Waals surface area contributed by atoms with Crippen LogP contribution in [0.15, 0.2) is 0 Å². The molecule has 0 aliphatic rings. The first-order valence-corrected chi connectivity index (χ1v) is 9.35. The van der Waals surface area contributed by atoms with Crippen molar-refractivity contribution in [1.82, 2.24) is 16.0 Å². The van der Waals surface area contributed by atoms with E-state index in [-0.39, 0.29) is 24.5 Å². The van der Waals surface area contributed by atoms with Crippen molar-refractivity contribution in [2.24, 2.45) is 11.7 Å². The topological polar surface area (TPSA) is 188 Å². The second kappa shape index (κ2) is 12.9. The zero-order chi connectivity index (χ0) is 21.9. The minimum Gasteiger partial charge on any atom is -0.481 e. The molecule has 0 aliphatic carbocycles. The van der Waals surface area contributed by atoms with E-state index in [0.29, 0.717) is 6.42 Å². The molecule has 4 atom stereocenters. The molecule has 0 heterocycles. The van der Waals surface area contributed by atoms with E-state index in [1.165, 1.54) is 0 Å². The molecule has 0 aliphatic heterocycles. The lowest BCUT2D eigenvalue weighted by Gasteiger charge is -2.23. The number of rotatable bonds is 13. The predicted octanol–water partition coefficient (Wildman–Crippen LogP) is -1.68. The average molecular weight is 420 g/mol. The molecule has 0 bridgehead atoms. The van der Waals surface area contributed by atoms with Gasteiger partial charge in [-0.3, -0.25) is 19.2 Å². The highest BCUT2D eigenvalue weighted by Crippen LogP contribution is 2.08. The Bertz CT molecular complexity index is 587.